The number of anilines is 1. The van der Waals surface area contributed by atoms with Crippen LogP contribution < -0.4 is 10.5 Å². The molecule has 1 aromatic heterocycles. The molecule has 2 N–H and O–H groups in total. The minimum atomic E-state index is 0.556. The molecule has 4 heteroatoms. The second-order valence-corrected chi connectivity index (χ2v) is 4.38. The quantitative estimate of drug-likeness (QED) is 0.889. The zero-order valence-electron chi connectivity index (χ0n) is 10.2. The molecule has 1 aromatic carbocycles. The van der Waals surface area contributed by atoms with Crippen LogP contribution in [0.15, 0.2) is 12.1 Å². The Morgan fingerprint density at radius 2 is 2.12 bits per heavy atom. The summed E-state index contributed by atoms with van der Waals surface area (Å²) in [4.78, 5) is 4.41. The number of hydrogen-bond donors (Lipinski definition) is 1. The summed E-state index contributed by atoms with van der Waals surface area (Å²) in [5, 5.41) is 1.68. The summed E-state index contributed by atoms with van der Waals surface area (Å²) in [5.74, 6) is 1.21. The molecule has 0 bridgehead atoms. The number of benzene rings is 1. The van der Waals surface area contributed by atoms with Crippen molar-refractivity contribution in [1.29, 1.82) is 0 Å². The first-order valence-corrected chi connectivity index (χ1v) is 5.88. The number of rotatable bonds is 2. The van der Waals surface area contributed by atoms with E-state index in [-0.39, 0.29) is 0 Å². The van der Waals surface area contributed by atoms with Gasteiger partial charge in [-0.05, 0) is 30.5 Å². The fourth-order valence-electron chi connectivity index (χ4n) is 1.90. The molecule has 0 aliphatic heterocycles. The van der Waals surface area contributed by atoms with E-state index in [1.54, 1.807) is 13.2 Å². The van der Waals surface area contributed by atoms with E-state index in [0.29, 0.717) is 16.6 Å². The molecule has 2 rings (SSSR count). The number of fused-ring (bicyclic) bond motifs is 1. The van der Waals surface area contributed by atoms with Crippen LogP contribution in [-0.4, -0.2) is 12.1 Å². The van der Waals surface area contributed by atoms with Crippen LogP contribution in [0.1, 0.15) is 18.1 Å². The third-order valence-electron chi connectivity index (χ3n) is 2.99. The van der Waals surface area contributed by atoms with Gasteiger partial charge in [-0.2, -0.15) is 0 Å². The molecule has 1 heterocycles. The standard InChI is InChI=1S/C13H15ClN2O/c1-4-8-5-9-7(2)10(14)6-11(17-3)12(9)16-13(8)15/h5-6H,4H2,1-3H3,(H2,15,16). The third-order valence-corrected chi connectivity index (χ3v) is 3.38. The highest BCUT2D eigenvalue weighted by molar-refractivity contribution is 6.32. The van der Waals surface area contributed by atoms with E-state index in [2.05, 4.69) is 11.9 Å². The number of aryl methyl sites for hydroxylation is 2. The lowest BCUT2D eigenvalue weighted by molar-refractivity contribution is 0.419. The van der Waals surface area contributed by atoms with Gasteiger partial charge in [0, 0.05) is 16.5 Å². The van der Waals surface area contributed by atoms with Gasteiger partial charge in [-0.25, -0.2) is 4.98 Å². The Kier molecular flexibility index (Phi) is 3.11. The van der Waals surface area contributed by atoms with Crippen molar-refractivity contribution in [3.63, 3.8) is 0 Å². The maximum atomic E-state index is 6.17. The Bertz CT molecular complexity index is 581. The molecule has 2 aromatic rings. The minimum absolute atomic E-state index is 0.556. The smallest absolute Gasteiger partial charge is 0.146 e. The number of nitrogen functional groups attached to an aromatic ring is 1. The Labute approximate surface area is 106 Å². The molecule has 3 nitrogen and oxygen atoms in total. The van der Waals surface area contributed by atoms with E-state index in [1.807, 2.05) is 13.0 Å². The molecule has 0 saturated heterocycles. The van der Waals surface area contributed by atoms with Gasteiger partial charge in [0.15, 0.2) is 0 Å². The highest BCUT2D eigenvalue weighted by Crippen LogP contribution is 2.34. The normalized spacial score (nSPS) is 10.8. The van der Waals surface area contributed by atoms with E-state index in [4.69, 9.17) is 22.1 Å². The van der Waals surface area contributed by atoms with Gasteiger partial charge in [0.1, 0.15) is 17.1 Å². The molecule has 0 amide bonds. The summed E-state index contributed by atoms with van der Waals surface area (Å²) < 4.78 is 5.29. The van der Waals surface area contributed by atoms with E-state index < -0.39 is 0 Å². The number of methoxy groups -OCH3 is 1. The second-order valence-electron chi connectivity index (χ2n) is 3.97. The Morgan fingerprint density at radius 1 is 1.41 bits per heavy atom. The van der Waals surface area contributed by atoms with E-state index in [0.717, 1.165) is 28.5 Å². The third kappa shape index (κ3) is 1.91. The topological polar surface area (TPSA) is 48.1 Å². The summed E-state index contributed by atoms with van der Waals surface area (Å²) in [5.41, 5.74) is 8.71. The monoisotopic (exact) mass is 250 g/mol. The predicted octanol–water partition coefficient (Wildman–Crippen LogP) is 3.35. The average Bonchev–Trinajstić information content (AvgIpc) is 2.33. The van der Waals surface area contributed by atoms with Crippen molar-refractivity contribution >= 4 is 28.3 Å². The van der Waals surface area contributed by atoms with Crippen LogP contribution in [0.3, 0.4) is 0 Å². The van der Waals surface area contributed by atoms with Crippen LogP contribution in [-0.2, 0) is 6.42 Å². The van der Waals surface area contributed by atoms with Crippen LogP contribution in [0.4, 0.5) is 5.82 Å². The number of hydrogen-bond acceptors (Lipinski definition) is 3. The fraction of sp³-hybridized carbons (Fsp3) is 0.308. The van der Waals surface area contributed by atoms with Crippen molar-refractivity contribution in [2.45, 2.75) is 20.3 Å². The van der Waals surface area contributed by atoms with Crippen LogP contribution in [0.5, 0.6) is 5.75 Å². The zero-order valence-corrected chi connectivity index (χ0v) is 10.9. The van der Waals surface area contributed by atoms with E-state index in [1.165, 1.54) is 0 Å². The zero-order chi connectivity index (χ0) is 12.6. The SMILES string of the molecule is CCc1cc2c(C)c(Cl)cc(OC)c2nc1N. The molecule has 0 aliphatic carbocycles. The van der Waals surface area contributed by atoms with Crippen molar-refractivity contribution in [2.75, 3.05) is 12.8 Å². The fourth-order valence-corrected chi connectivity index (χ4v) is 2.10. The van der Waals surface area contributed by atoms with Crippen molar-refractivity contribution in [1.82, 2.24) is 4.98 Å². The number of aromatic nitrogens is 1. The van der Waals surface area contributed by atoms with Crippen LogP contribution in [0, 0.1) is 6.92 Å². The molecule has 0 spiro atoms. The average molecular weight is 251 g/mol. The Morgan fingerprint density at radius 3 is 2.71 bits per heavy atom. The largest absolute Gasteiger partial charge is 0.494 e. The summed E-state index contributed by atoms with van der Waals surface area (Å²) in [6.45, 7) is 4.03. The van der Waals surface area contributed by atoms with Gasteiger partial charge < -0.3 is 10.5 Å². The molecule has 0 unspecified atom stereocenters. The van der Waals surface area contributed by atoms with Crippen molar-refractivity contribution in [2.24, 2.45) is 0 Å². The Balaban J connectivity index is 2.88. The first kappa shape index (κ1) is 12.0. The molecular weight excluding hydrogens is 236 g/mol. The van der Waals surface area contributed by atoms with Crippen LogP contribution in [0.25, 0.3) is 10.9 Å². The molecule has 17 heavy (non-hydrogen) atoms. The number of nitrogens with zero attached hydrogens (tertiary/aromatic N) is 1. The Hall–Kier alpha value is -1.48. The molecule has 0 radical (unpaired) electrons. The van der Waals surface area contributed by atoms with Crippen LogP contribution >= 0.6 is 11.6 Å². The summed E-state index contributed by atoms with van der Waals surface area (Å²) in [6, 6.07) is 3.82. The van der Waals surface area contributed by atoms with Gasteiger partial charge in [0.05, 0.1) is 7.11 Å². The molecule has 90 valence electrons. The van der Waals surface area contributed by atoms with Gasteiger partial charge in [-0.1, -0.05) is 18.5 Å². The van der Waals surface area contributed by atoms with Crippen LogP contribution in [0.2, 0.25) is 5.02 Å². The van der Waals surface area contributed by atoms with Gasteiger partial charge in [-0.3, -0.25) is 0 Å². The lowest BCUT2D eigenvalue weighted by Gasteiger charge is -2.12. The summed E-state index contributed by atoms with van der Waals surface area (Å²) in [7, 11) is 1.60. The minimum Gasteiger partial charge on any atom is -0.494 e. The maximum Gasteiger partial charge on any atom is 0.146 e. The highest BCUT2D eigenvalue weighted by Gasteiger charge is 2.12. The van der Waals surface area contributed by atoms with Gasteiger partial charge in [-0.15, -0.1) is 0 Å². The first-order chi connectivity index (χ1) is 8.08. The maximum absolute atomic E-state index is 6.17. The van der Waals surface area contributed by atoms with Gasteiger partial charge in [0.2, 0.25) is 0 Å². The first-order valence-electron chi connectivity index (χ1n) is 5.50. The lowest BCUT2D eigenvalue weighted by atomic mass is 10.0. The van der Waals surface area contributed by atoms with Crippen molar-refractivity contribution in [3.05, 3.63) is 28.3 Å². The van der Waals surface area contributed by atoms with Gasteiger partial charge in [0.25, 0.3) is 0 Å². The van der Waals surface area contributed by atoms with Gasteiger partial charge >= 0.3 is 0 Å². The number of ether oxygens (including phenoxy) is 1. The van der Waals surface area contributed by atoms with E-state index >= 15 is 0 Å². The molecular formula is C13H15ClN2O. The number of pyridine rings is 1. The lowest BCUT2D eigenvalue weighted by Crippen LogP contribution is -1.99. The molecule has 0 atom stereocenters. The summed E-state index contributed by atoms with van der Waals surface area (Å²) >= 11 is 6.17. The van der Waals surface area contributed by atoms with Crippen molar-refractivity contribution < 1.29 is 4.74 Å². The molecule has 0 aliphatic rings. The second kappa shape index (κ2) is 4.41. The van der Waals surface area contributed by atoms with Crippen molar-refractivity contribution in [3.8, 4) is 5.75 Å². The summed E-state index contributed by atoms with van der Waals surface area (Å²) in [6.07, 6.45) is 0.850. The molecule has 0 saturated carbocycles. The molecule has 0 fully saturated rings. The van der Waals surface area contributed by atoms with E-state index in [9.17, 15) is 0 Å². The highest BCUT2D eigenvalue weighted by atomic mass is 35.5. The predicted molar refractivity (Wildman–Crippen MR) is 71.8 cm³/mol. The number of halogens is 1. The number of nitrogens with two attached hydrogens (primary N) is 1.